The highest BCUT2D eigenvalue weighted by Crippen LogP contribution is 2.23. The fraction of sp³-hybridized carbons (Fsp3) is 0.350. The van der Waals surface area contributed by atoms with Crippen LogP contribution in [0.1, 0.15) is 12.5 Å². The van der Waals surface area contributed by atoms with Gasteiger partial charge in [-0.15, -0.1) is 0 Å². The number of nitrogens with two attached hydrogens (primary N) is 1. The molecule has 0 saturated carbocycles. The van der Waals surface area contributed by atoms with Crippen molar-refractivity contribution in [1.29, 1.82) is 0 Å². The number of benzene rings is 2. The van der Waals surface area contributed by atoms with Gasteiger partial charge in [0.15, 0.2) is 0 Å². The van der Waals surface area contributed by atoms with E-state index in [0.29, 0.717) is 19.7 Å². The van der Waals surface area contributed by atoms with Crippen molar-refractivity contribution in [2.45, 2.75) is 19.6 Å². The maximum absolute atomic E-state index is 13.0. The molecular weight excluding hydrogens is 333 g/mol. The van der Waals surface area contributed by atoms with E-state index >= 15 is 0 Å². The Morgan fingerprint density at radius 1 is 1.15 bits per heavy atom. The quantitative estimate of drug-likeness (QED) is 0.893. The average molecular weight is 357 g/mol. The van der Waals surface area contributed by atoms with Crippen LogP contribution >= 0.6 is 0 Å². The van der Waals surface area contributed by atoms with Gasteiger partial charge in [0.25, 0.3) is 0 Å². The van der Waals surface area contributed by atoms with E-state index < -0.39 is 6.04 Å². The summed E-state index contributed by atoms with van der Waals surface area (Å²) in [6, 6.07) is 13.7. The zero-order valence-electron chi connectivity index (χ0n) is 14.9. The highest BCUT2D eigenvalue weighted by molar-refractivity contribution is 5.81. The third-order valence-electron chi connectivity index (χ3n) is 4.48. The average Bonchev–Trinajstić information content (AvgIpc) is 2.67. The Kier molecular flexibility index (Phi) is 5.73. The Hall–Kier alpha value is -2.60. The maximum atomic E-state index is 13.0. The Balaban J connectivity index is 1.57. The van der Waals surface area contributed by atoms with E-state index in [-0.39, 0.29) is 11.7 Å². The Bertz CT molecular complexity index is 741. The fourth-order valence-electron chi connectivity index (χ4n) is 2.99. The molecule has 1 saturated heterocycles. The molecule has 1 aliphatic rings. The van der Waals surface area contributed by atoms with Crippen LogP contribution in [0, 0.1) is 5.82 Å². The number of rotatable bonds is 5. The molecule has 3 rings (SSSR count). The van der Waals surface area contributed by atoms with Gasteiger partial charge in [0.05, 0.1) is 6.04 Å². The van der Waals surface area contributed by atoms with Crippen molar-refractivity contribution >= 4 is 11.6 Å². The molecule has 2 aromatic rings. The van der Waals surface area contributed by atoms with Crippen LogP contribution in [-0.2, 0) is 11.4 Å². The van der Waals surface area contributed by atoms with Gasteiger partial charge in [0, 0.05) is 37.9 Å². The predicted molar refractivity (Wildman–Crippen MR) is 99.6 cm³/mol. The molecular formula is C20H24FN3O2. The van der Waals surface area contributed by atoms with Gasteiger partial charge in [-0.05, 0) is 36.8 Å². The van der Waals surface area contributed by atoms with Crippen LogP contribution in [0.4, 0.5) is 10.1 Å². The van der Waals surface area contributed by atoms with E-state index in [4.69, 9.17) is 10.5 Å². The second kappa shape index (κ2) is 8.19. The van der Waals surface area contributed by atoms with Gasteiger partial charge in [0.2, 0.25) is 5.91 Å². The minimum Gasteiger partial charge on any atom is -0.489 e. The largest absolute Gasteiger partial charge is 0.489 e. The molecule has 26 heavy (non-hydrogen) atoms. The summed E-state index contributed by atoms with van der Waals surface area (Å²) >= 11 is 0. The van der Waals surface area contributed by atoms with Crippen molar-refractivity contribution in [3.63, 3.8) is 0 Å². The number of carbonyl (C=O) groups is 1. The van der Waals surface area contributed by atoms with E-state index in [2.05, 4.69) is 4.90 Å². The van der Waals surface area contributed by atoms with Gasteiger partial charge in [0.1, 0.15) is 18.2 Å². The molecule has 1 heterocycles. The molecule has 0 bridgehead atoms. The molecule has 5 nitrogen and oxygen atoms in total. The molecule has 138 valence electrons. The van der Waals surface area contributed by atoms with Gasteiger partial charge in [-0.3, -0.25) is 4.79 Å². The van der Waals surface area contributed by atoms with E-state index in [1.54, 1.807) is 19.1 Å². The molecule has 1 fully saturated rings. The lowest BCUT2D eigenvalue weighted by Crippen LogP contribution is -2.52. The summed E-state index contributed by atoms with van der Waals surface area (Å²) in [4.78, 5) is 16.0. The number of amides is 1. The van der Waals surface area contributed by atoms with E-state index in [1.165, 1.54) is 12.1 Å². The fourth-order valence-corrected chi connectivity index (χ4v) is 2.99. The number of ether oxygens (including phenoxy) is 1. The molecule has 0 aliphatic carbocycles. The van der Waals surface area contributed by atoms with Crippen molar-refractivity contribution in [2.24, 2.45) is 5.73 Å². The molecule has 1 atom stereocenters. The SMILES string of the molecule is C[C@@H](N)C(=O)N1CCN(c2cccc(OCc3ccc(F)cc3)c2)CC1. The molecule has 1 aliphatic heterocycles. The van der Waals surface area contributed by atoms with Gasteiger partial charge in [-0.25, -0.2) is 4.39 Å². The summed E-state index contributed by atoms with van der Waals surface area (Å²) in [5.74, 6) is 0.513. The standard InChI is InChI=1S/C20H24FN3O2/c1-15(22)20(25)24-11-9-23(10-12-24)18-3-2-4-19(13-18)26-14-16-5-7-17(21)8-6-16/h2-8,13,15H,9-12,14,22H2,1H3/t15-/m1/s1. The van der Waals surface area contributed by atoms with Gasteiger partial charge < -0.3 is 20.3 Å². The van der Waals surface area contributed by atoms with E-state index in [0.717, 1.165) is 30.1 Å². The summed E-state index contributed by atoms with van der Waals surface area (Å²) < 4.78 is 18.8. The number of piperazine rings is 1. The Labute approximate surface area is 153 Å². The summed E-state index contributed by atoms with van der Waals surface area (Å²) in [5, 5.41) is 0. The lowest BCUT2D eigenvalue weighted by atomic mass is 10.2. The maximum Gasteiger partial charge on any atom is 0.239 e. The molecule has 1 amide bonds. The zero-order valence-corrected chi connectivity index (χ0v) is 14.9. The normalized spacial score (nSPS) is 15.7. The second-order valence-corrected chi connectivity index (χ2v) is 6.51. The van der Waals surface area contributed by atoms with Crippen molar-refractivity contribution in [3.8, 4) is 5.75 Å². The number of hydrogen-bond acceptors (Lipinski definition) is 4. The van der Waals surface area contributed by atoms with Gasteiger partial charge in [-0.1, -0.05) is 18.2 Å². The number of nitrogens with zero attached hydrogens (tertiary/aromatic N) is 2. The lowest BCUT2D eigenvalue weighted by Gasteiger charge is -2.36. The summed E-state index contributed by atoms with van der Waals surface area (Å²) in [7, 11) is 0. The van der Waals surface area contributed by atoms with Crippen LogP contribution in [0.25, 0.3) is 0 Å². The van der Waals surface area contributed by atoms with Crippen LogP contribution in [-0.4, -0.2) is 43.0 Å². The highest BCUT2D eigenvalue weighted by atomic mass is 19.1. The smallest absolute Gasteiger partial charge is 0.239 e. The molecule has 6 heteroatoms. The van der Waals surface area contributed by atoms with Gasteiger partial charge >= 0.3 is 0 Å². The third-order valence-corrected chi connectivity index (χ3v) is 4.48. The molecule has 2 aromatic carbocycles. The minimum absolute atomic E-state index is 0.000955. The van der Waals surface area contributed by atoms with E-state index in [1.807, 2.05) is 29.2 Å². The number of carbonyl (C=O) groups excluding carboxylic acids is 1. The summed E-state index contributed by atoms with van der Waals surface area (Å²) in [5.41, 5.74) is 7.66. The van der Waals surface area contributed by atoms with Crippen molar-refractivity contribution in [3.05, 3.63) is 59.9 Å². The van der Waals surface area contributed by atoms with Crippen LogP contribution in [0.5, 0.6) is 5.75 Å². The number of halogens is 1. The monoisotopic (exact) mass is 357 g/mol. The third kappa shape index (κ3) is 4.52. The van der Waals surface area contributed by atoms with Crippen LogP contribution in [0.15, 0.2) is 48.5 Å². The van der Waals surface area contributed by atoms with Crippen LogP contribution in [0.3, 0.4) is 0 Å². The van der Waals surface area contributed by atoms with Gasteiger partial charge in [-0.2, -0.15) is 0 Å². The first-order chi connectivity index (χ1) is 12.5. The van der Waals surface area contributed by atoms with Crippen LogP contribution in [0.2, 0.25) is 0 Å². The summed E-state index contributed by atoms with van der Waals surface area (Å²) in [6.45, 7) is 4.97. The second-order valence-electron chi connectivity index (χ2n) is 6.51. The van der Waals surface area contributed by atoms with Crippen LogP contribution < -0.4 is 15.4 Å². The Morgan fingerprint density at radius 2 is 1.85 bits per heavy atom. The summed E-state index contributed by atoms with van der Waals surface area (Å²) in [6.07, 6.45) is 0. The minimum atomic E-state index is -0.454. The first-order valence-corrected chi connectivity index (χ1v) is 8.79. The topological polar surface area (TPSA) is 58.8 Å². The van der Waals surface area contributed by atoms with Crippen molar-refractivity contribution in [2.75, 3.05) is 31.1 Å². The van der Waals surface area contributed by atoms with E-state index in [9.17, 15) is 9.18 Å². The molecule has 0 unspecified atom stereocenters. The Morgan fingerprint density at radius 3 is 2.50 bits per heavy atom. The first-order valence-electron chi connectivity index (χ1n) is 8.79. The lowest BCUT2D eigenvalue weighted by molar-refractivity contribution is -0.132. The molecule has 2 N–H and O–H groups in total. The molecule has 0 aromatic heterocycles. The predicted octanol–water partition coefficient (Wildman–Crippen LogP) is 2.40. The first kappa shape index (κ1) is 18.2. The zero-order chi connectivity index (χ0) is 18.5. The van der Waals surface area contributed by atoms with Crippen molar-refractivity contribution in [1.82, 2.24) is 4.90 Å². The number of hydrogen-bond donors (Lipinski definition) is 1. The van der Waals surface area contributed by atoms with Crippen molar-refractivity contribution < 1.29 is 13.9 Å². The molecule has 0 spiro atoms. The molecule has 0 radical (unpaired) electrons. The highest BCUT2D eigenvalue weighted by Gasteiger charge is 2.23. The number of anilines is 1.